The maximum atomic E-state index is 10.3. The van der Waals surface area contributed by atoms with Crippen LogP contribution in [-0.4, -0.2) is 22.9 Å². The average molecular weight is 236 g/mol. The van der Waals surface area contributed by atoms with Crippen molar-refractivity contribution in [2.24, 2.45) is 11.8 Å². The van der Waals surface area contributed by atoms with E-state index in [2.05, 4.69) is 19.9 Å². The van der Waals surface area contributed by atoms with Gasteiger partial charge in [-0.05, 0) is 49.7 Å². The van der Waals surface area contributed by atoms with Crippen LogP contribution in [0.3, 0.4) is 0 Å². The van der Waals surface area contributed by atoms with Gasteiger partial charge in [-0.3, -0.25) is 0 Å². The zero-order valence-electron chi connectivity index (χ0n) is 10.9. The molecule has 0 fully saturated rings. The fraction of sp³-hybridized carbons (Fsp3) is 0.733. The van der Waals surface area contributed by atoms with Crippen molar-refractivity contribution in [3.8, 4) is 0 Å². The molecule has 96 valence electrons. The van der Waals surface area contributed by atoms with E-state index in [-0.39, 0.29) is 12.7 Å². The predicted octanol–water partition coefficient (Wildman–Crippen LogP) is 2.81. The normalized spacial score (nSPS) is 33.4. The standard InChI is InChI=1S/C15H24O2/c1-3-4-11-5-6-12(9-16)15-13(11)7-10(2)8-14(15)17/h7,11,13-14,16-17H,3-6,8-9H2,1-2H3/t11-,13+,14?/m0/s1. The van der Waals surface area contributed by atoms with Gasteiger partial charge in [0.2, 0.25) is 0 Å². The Balaban J connectivity index is 2.34. The van der Waals surface area contributed by atoms with Gasteiger partial charge in [-0.15, -0.1) is 0 Å². The summed E-state index contributed by atoms with van der Waals surface area (Å²) < 4.78 is 0. The highest BCUT2D eigenvalue weighted by Crippen LogP contribution is 2.43. The average Bonchev–Trinajstić information content (AvgIpc) is 2.30. The molecule has 0 aromatic carbocycles. The lowest BCUT2D eigenvalue weighted by Gasteiger charge is -2.39. The van der Waals surface area contributed by atoms with Crippen molar-refractivity contribution >= 4 is 0 Å². The van der Waals surface area contributed by atoms with Gasteiger partial charge in [-0.25, -0.2) is 0 Å². The summed E-state index contributed by atoms with van der Waals surface area (Å²) in [4.78, 5) is 0. The highest BCUT2D eigenvalue weighted by Gasteiger charge is 2.35. The van der Waals surface area contributed by atoms with Crippen LogP contribution in [0.2, 0.25) is 0 Å². The minimum Gasteiger partial charge on any atom is -0.392 e. The molecule has 0 heterocycles. The SMILES string of the molecule is CCC[C@H]1CCC(CO)=C2C(O)CC(C)=C[C@@H]21. The first-order valence-corrected chi connectivity index (χ1v) is 6.85. The van der Waals surface area contributed by atoms with E-state index in [0.717, 1.165) is 30.4 Å². The molecule has 0 saturated heterocycles. The van der Waals surface area contributed by atoms with Crippen LogP contribution in [0.1, 0.15) is 46.0 Å². The highest BCUT2D eigenvalue weighted by atomic mass is 16.3. The number of allylic oxidation sites excluding steroid dienone is 1. The van der Waals surface area contributed by atoms with Gasteiger partial charge >= 0.3 is 0 Å². The van der Waals surface area contributed by atoms with E-state index in [1.165, 1.54) is 18.4 Å². The summed E-state index contributed by atoms with van der Waals surface area (Å²) >= 11 is 0. The largest absolute Gasteiger partial charge is 0.392 e. The first-order chi connectivity index (χ1) is 8.17. The van der Waals surface area contributed by atoms with Crippen molar-refractivity contribution in [3.05, 3.63) is 22.8 Å². The Labute approximate surface area is 104 Å². The van der Waals surface area contributed by atoms with Crippen LogP contribution >= 0.6 is 0 Å². The summed E-state index contributed by atoms with van der Waals surface area (Å²) in [6, 6.07) is 0. The summed E-state index contributed by atoms with van der Waals surface area (Å²) in [6.07, 6.45) is 7.28. The Hall–Kier alpha value is -0.600. The number of fused-ring (bicyclic) bond motifs is 1. The van der Waals surface area contributed by atoms with Gasteiger partial charge in [0.25, 0.3) is 0 Å². The summed E-state index contributed by atoms with van der Waals surface area (Å²) in [7, 11) is 0. The van der Waals surface area contributed by atoms with Crippen molar-refractivity contribution in [1.82, 2.24) is 0 Å². The third kappa shape index (κ3) is 2.48. The molecule has 0 aromatic heterocycles. The van der Waals surface area contributed by atoms with Gasteiger partial charge in [-0.2, -0.15) is 0 Å². The lowest BCUT2D eigenvalue weighted by Crippen LogP contribution is -2.32. The third-order valence-corrected chi connectivity index (χ3v) is 4.28. The summed E-state index contributed by atoms with van der Waals surface area (Å²) in [6.45, 7) is 4.45. The quantitative estimate of drug-likeness (QED) is 0.740. The van der Waals surface area contributed by atoms with Crippen LogP contribution in [0.5, 0.6) is 0 Å². The van der Waals surface area contributed by atoms with Gasteiger partial charge in [0.05, 0.1) is 12.7 Å². The molecule has 0 bridgehead atoms. The van der Waals surface area contributed by atoms with E-state index >= 15 is 0 Å². The first kappa shape index (κ1) is 12.8. The fourth-order valence-corrected chi connectivity index (χ4v) is 3.51. The maximum Gasteiger partial charge on any atom is 0.0796 e. The number of rotatable bonds is 3. The number of hydrogen-bond donors (Lipinski definition) is 2. The van der Waals surface area contributed by atoms with Gasteiger partial charge in [0, 0.05) is 5.92 Å². The van der Waals surface area contributed by atoms with E-state index in [9.17, 15) is 10.2 Å². The van der Waals surface area contributed by atoms with Gasteiger partial charge in [0.15, 0.2) is 0 Å². The second kappa shape index (κ2) is 5.36. The van der Waals surface area contributed by atoms with Gasteiger partial charge in [-0.1, -0.05) is 25.0 Å². The molecule has 2 rings (SSSR count). The molecule has 2 heteroatoms. The molecule has 2 aliphatic carbocycles. The minimum absolute atomic E-state index is 0.120. The van der Waals surface area contributed by atoms with Crippen LogP contribution in [0, 0.1) is 11.8 Å². The Kier molecular flexibility index (Phi) is 4.05. The molecule has 0 aliphatic heterocycles. The van der Waals surface area contributed by atoms with Crippen LogP contribution in [0.15, 0.2) is 22.8 Å². The van der Waals surface area contributed by atoms with Crippen LogP contribution in [-0.2, 0) is 0 Å². The lowest BCUT2D eigenvalue weighted by atomic mass is 9.68. The predicted molar refractivity (Wildman–Crippen MR) is 69.6 cm³/mol. The van der Waals surface area contributed by atoms with Gasteiger partial charge in [0.1, 0.15) is 0 Å². The third-order valence-electron chi connectivity index (χ3n) is 4.28. The molecule has 3 atom stereocenters. The molecule has 2 nitrogen and oxygen atoms in total. The Morgan fingerprint density at radius 2 is 2.18 bits per heavy atom. The van der Waals surface area contributed by atoms with E-state index in [1.54, 1.807) is 0 Å². The van der Waals surface area contributed by atoms with Crippen LogP contribution in [0.25, 0.3) is 0 Å². The van der Waals surface area contributed by atoms with E-state index < -0.39 is 0 Å². The molecule has 17 heavy (non-hydrogen) atoms. The second-order valence-electron chi connectivity index (χ2n) is 5.56. The lowest BCUT2D eigenvalue weighted by molar-refractivity contribution is 0.168. The Morgan fingerprint density at radius 3 is 2.82 bits per heavy atom. The van der Waals surface area contributed by atoms with E-state index in [0.29, 0.717) is 11.8 Å². The molecule has 0 radical (unpaired) electrons. The van der Waals surface area contributed by atoms with Gasteiger partial charge < -0.3 is 10.2 Å². The molecule has 2 N–H and O–H groups in total. The van der Waals surface area contributed by atoms with Crippen molar-refractivity contribution in [2.75, 3.05) is 6.61 Å². The number of hydrogen-bond acceptors (Lipinski definition) is 2. The zero-order chi connectivity index (χ0) is 12.4. The Bertz CT molecular complexity index is 341. The molecule has 0 aromatic rings. The minimum atomic E-state index is -0.355. The zero-order valence-corrected chi connectivity index (χ0v) is 10.9. The number of aliphatic hydroxyl groups is 2. The van der Waals surface area contributed by atoms with Crippen molar-refractivity contribution in [1.29, 1.82) is 0 Å². The molecule has 1 unspecified atom stereocenters. The number of aliphatic hydroxyl groups excluding tert-OH is 2. The van der Waals surface area contributed by atoms with Crippen LogP contribution < -0.4 is 0 Å². The monoisotopic (exact) mass is 236 g/mol. The van der Waals surface area contributed by atoms with Crippen molar-refractivity contribution in [2.45, 2.75) is 52.1 Å². The maximum absolute atomic E-state index is 10.3. The topological polar surface area (TPSA) is 40.5 Å². The van der Waals surface area contributed by atoms with E-state index in [4.69, 9.17) is 0 Å². The van der Waals surface area contributed by atoms with Crippen molar-refractivity contribution < 1.29 is 10.2 Å². The summed E-state index contributed by atoms with van der Waals surface area (Å²) in [5.41, 5.74) is 3.54. The second-order valence-corrected chi connectivity index (χ2v) is 5.56. The smallest absolute Gasteiger partial charge is 0.0796 e. The highest BCUT2D eigenvalue weighted by molar-refractivity contribution is 5.34. The molecule has 0 amide bonds. The summed E-state index contributed by atoms with van der Waals surface area (Å²) in [5, 5.41) is 19.7. The first-order valence-electron chi connectivity index (χ1n) is 6.85. The molecular formula is C15H24O2. The van der Waals surface area contributed by atoms with Crippen molar-refractivity contribution in [3.63, 3.8) is 0 Å². The Morgan fingerprint density at radius 1 is 1.41 bits per heavy atom. The summed E-state index contributed by atoms with van der Waals surface area (Å²) in [5.74, 6) is 1.05. The molecule has 2 aliphatic rings. The van der Waals surface area contributed by atoms with Crippen LogP contribution in [0.4, 0.5) is 0 Å². The molecule has 0 spiro atoms. The molecular weight excluding hydrogens is 212 g/mol. The fourth-order valence-electron chi connectivity index (χ4n) is 3.51. The molecule has 0 saturated carbocycles. The van der Waals surface area contributed by atoms with E-state index in [1.807, 2.05) is 0 Å².